The zero-order chi connectivity index (χ0) is 10.1. The first-order valence-electron chi connectivity index (χ1n) is 5.10. The molecule has 0 saturated carbocycles. The van der Waals surface area contributed by atoms with Gasteiger partial charge in [0.25, 0.3) is 0 Å². The monoisotopic (exact) mass is 358 g/mol. The molecule has 13 heavy (non-hydrogen) atoms. The van der Waals surface area contributed by atoms with Crippen molar-refractivity contribution in [2.24, 2.45) is 5.73 Å². The molecule has 1 radical (unpaired) electrons. The normalized spacial score (nSPS) is 13.6. The third-order valence-corrected chi connectivity index (χ3v) is 9.80. The summed E-state index contributed by atoms with van der Waals surface area (Å²) >= 11 is 2.08. The molecule has 2 N–H and O–H groups in total. The van der Waals surface area contributed by atoms with Gasteiger partial charge >= 0.3 is 96.1 Å². The van der Waals surface area contributed by atoms with Crippen molar-refractivity contribution in [1.29, 1.82) is 0 Å². The van der Waals surface area contributed by atoms with E-state index in [1.807, 2.05) is 0 Å². The Bertz CT molecular complexity index is 116. The van der Waals surface area contributed by atoms with E-state index >= 15 is 0 Å². The zero-order valence-electron chi connectivity index (χ0n) is 8.68. The van der Waals surface area contributed by atoms with Gasteiger partial charge in [0.2, 0.25) is 0 Å². The van der Waals surface area contributed by atoms with Crippen LogP contribution in [0.25, 0.3) is 0 Å². The van der Waals surface area contributed by atoms with Gasteiger partial charge in [-0.3, -0.25) is 0 Å². The second-order valence-electron chi connectivity index (χ2n) is 3.23. The average molecular weight is 358 g/mol. The Morgan fingerprint density at radius 1 is 1.38 bits per heavy atom. The molecule has 0 aromatic heterocycles. The van der Waals surface area contributed by atoms with Crippen LogP contribution in [0.3, 0.4) is 0 Å². The second-order valence-corrected chi connectivity index (χ2v) is 13.4. The summed E-state index contributed by atoms with van der Waals surface area (Å²) in [6.45, 7) is 5.11. The van der Waals surface area contributed by atoms with Gasteiger partial charge in [-0.1, -0.05) is 0 Å². The number of rotatable bonds is 8. The van der Waals surface area contributed by atoms with Gasteiger partial charge < -0.3 is 0 Å². The molecule has 4 heteroatoms. The van der Waals surface area contributed by atoms with Gasteiger partial charge in [0.15, 0.2) is 0 Å². The molecule has 0 aliphatic rings. The van der Waals surface area contributed by atoms with Crippen LogP contribution in [0.2, 0.25) is 4.44 Å². The first-order chi connectivity index (χ1) is 6.20. The van der Waals surface area contributed by atoms with Gasteiger partial charge in [-0.2, -0.15) is 0 Å². The van der Waals surface area contributed by atoms with E-state index in [-0.39, 0.29) is 0 Å². The predicted molar refractivity (Wildman–Crippen MR) is 63.2 cm³/mol. The van der Waals surface area contributed by atoms with Crippen molar-refractivity contribution < 1.29 is 3.07 Å². The molecule has 0 fully saturated rings. The molecule has 0 aromatic rings. The summed E-state index contributed by atoms with van der Waals surface area (Å²) in [7, 11) is 0. The summed E-state index contributed by atoms with van der Waals surface area (Å²) in [6.07, 6.45) is 4.82. The summed E-state index contributed by atoms with van der Waals surface area (Å²) in [5, 5.41) is 0. The molecule has 0 aromatic carbocycles. The Morgan fingerprint density at radius 3 is 2.62 bits per heavy atom. The van der Waals surface area contributed by atoms with Crippen LogP contribution in [0, 0.1) is 0 Å². The standard InChI is InChI=1S/C7H16N.C2H5O.BrH.Sn/c1-3-5-6-7(8)4-2;1-2-3;;/h7H,2-6,8H2,1H3;2H2,1H3;1H;/q;-1;;+2/p-1. The Morgan fingerprint density at radius 2 is 2.08 bits per heavy atom. The van der Waals surface area contributed by atoms with Crippen LogP contribution in [0.1, 0.15) is 39.5 Å². The molecule has 0 bridgehead atoms. The van der Waals surface area contributed by atoms with E-state index in [1.54, 1.807) is 0 Å². The molecule has 0 aliphatic heterocycles. The fourth-order valence-electron chi connectivity index (χ4n) is 1.14. The van der Waals surface area contributed by atoms with Gasteiger partial charge in [0.1, 0.15) is 0 Å². The molecule has 0 aliphatic carbocycles. The van der Waals surface area contributed by atoms with E-state index in [0.717, 1.165) is 13.0 Å². The van der Waals surface area contributed by atoms with Crippen molar-refractivity contribution in [2.45, 2.75) is 50.0 Å². The van der Waals surface area contributed by atoms with E-state index in [1.165, 1.54) is 23.7 Å². The predicted octanol–water partition coefficient (Wildman–Crippen LogP) is 2.81. The Kier molecular flexibility index (Phi) is 10.6. The van der Waals surface area contributed by atoms with E-state index in [9.17, 15) is 0 Å². The van der Waals surface area contributed by atoms with Crippen molar-refractivity contribution in [3.8, 4) is 0 Å². The second kappa shape index (κ2) is 9.74. The third kappa shape index (κ3) is 9.50. The Labute approximate surface area is 95.6 Å². The summed E-state index contributed by atoms with van der Waals surface area (Å²) in [5.74, 6) is 0. The van der Waals surface area contributed by atoms with Crippen LogP contribution in [0.15, 0.2) is 0 Å². The minimum atomic E-state index is -1.58. The fourth-order valence-corrected chi connectivity index (χ4v) is 7.22. The van der Waals surface area contributed by atoms with Gasteiger partial charge in [0.05, 0.1) is 0 Å². The SMILES string of the molecule is CCCCC(N)C[CH2][Sn]([Br])[O]CC. The number of hydrogen-bond donors (Lipinski definition) is 1. The average Bonchev–Trinajstić information content (AvgIpc) is 2.12. The first kappa shape index (κ1) is 14.2. The molecule has 0 rings (SSSR count). The number of unbranched alkanes of at least 4 members (excludes halogenated alkanes) is 1. The molecule has 0 amide bonds. The van der Waals surface area contributed by atoms with E-state index in [2.05, 4.69) is 26.6 Å². The molecule has 0 spiro atoms. The molecule has 0 heterocycles. The molecular weight excluding hydrogens is 337 g/mol. The number of halogens is 1. The van der Waals surface area contributed by atoms with Crippen molar-refractivity contribution in [3.63, 3.8) is 0 Å². The molecule has 0 saturated heterocycles. The van der Waals surface area contributed by atoms with Crippen LogP contribution in [-0.2, 0) is 3.07 Å². The molecule has 79 valence electrons. The number of nitrogens with two attached hydrogens (primary N) is 1. The third-order valence-electron chi connectivity index (χ3n) is 1.94. The maximum atomic E-state index is 5.96. The van der Waals surface area contributed by atoms with Gasteiger partial charge in [0, 0.05) is 0 Å². The van der Waals surface area contributed by atoms with Crippen LogP contribution >= 0.6 is 12.7 Å². The molecular formula is C9H21BrNOSn. The zero-order valence-corrected chi connectivity index (χ0v) is 13.1. The topological polar surface area (TPSA) is 35.2 Å². The fraction of sp³-hybridized carbons (Fsp3) is 1.00. The maximum absolute atomic E-state index is 5.96. The summed E-state index contributed by atoms with van der Waals surface area (Å²) in [6, 6.07) is 0.397. The van der Waals surface area contributed by atoms with Crippen LogP contribution in [-0.4, -0.2) is 30.6 Å². The van der Waals surface area contributed by atoms with E-state index < -0.39 is 18.0 Å². The summed E-state index contributed by atoms with van der Waals surface area (Å²) in [5.41, 5.74) is 5.96. The first-order valence-corrected chi connectivity index (χ1v) is 14.7. The van der Waals surface area contributed by atoms with Crippen LogP contribution in [0.5, 0.6) is 0 Å². The van der Waals surface area contributed by atoms with Crippen molar-refractivity contribution in [1.82, 2.24) is 0 Å². The molecule has 1 unspecified atom stereocenters. The van der Waals surface area contributed by atoms with Crippen LogP contribution in [0.4, 0.5) is 0 Å². The number of hydrogen-bond acceptors (Lipinski definition) is 2. The van der Waals surface area contributed by atoms with Crippen molar-refractivity contribution in [2.75, 3.05) is 6.61 Å². The van der Waals surface area contributed by atoms with Gasteiger partial charge in [-0.25, -0.2) is 0 Å². The van der Waals surface area contributed by atoms with E-state index in [4.69, 9.17) is 8.81 Å². The van der Waals surface area contributed by atoms with Gasteiger partial charge in [-0.15, -0.1) is 0 Å². The quantitative estimate of drug-likeness (QED) is 0.678. The minimum absolute atomic E-state index is 0.397. The van der Waals surface area contributed by atoms with E-state index in [0.29, 0.717) is 6.04 Å². The molecule has 2 nitrogen and oxygen atoms in total. The molecule has 1 atom stereocenters. The van der Waals surface area contributed by atoms with Crippen LogP contribution < -0.4 is 5.73 Å². The van der Waals surface area contributed by atoms with Crippen molar-refractivity contribution in [3.05, 3.63) is 0 Å². The Balaban J connectivity index is 3.29. The summed E-state index contributed by atoms with van der Waals surface area (Å²) in [4.78, 5) is 0. The Hall–Kier alpha value is 1.20. The van der Waals surface area contributed by atoms with Crippen molar-refractivity contribution >= 4 is 30.7 Å². The van der Waals surface area contributed by atoms with Gasteiger partial charge in [-0.05, 0) is 0 Å². The summed E-state index contributed by atoms with van der Waals surface area (Å²) < 4.78 is 6.76.